The zero-order chi connectivity index (χ0) is 27.8. The molecular formula is C31H42O7. The van der Waals surface area contributed by atoms with E-state index >= 15 is 0 Å². The molecular weight excluding hydrogens is 484 g/mol. The van der Waals surface area contributed by atoms with Crippen LogP contribution in [0.3, 0.4) is 0 Å². The zero-order valence-electron chi connectivity index (χ0n) is 23.2. The predicted molar refractivity (Wildman–Crippen MR) is 149 cm³/mol. The lowest BCUT2D eigenvalue weighted by molar-refractivity contribution is -0.134. The number of carbonyl (C=O) groups excluding carboxylic acids is 2. The second kappa shape index (κ2) is 17.2. The summed E-state index contributed by atoms with van der Waals surface area (Å²) in [5, 5.41) is 10.8. The summed E-state index contributed by atoms with van der Waals surface area (Å²) in [4.78, 5) is 24.0. The van der Waals surface area contributed by atoms with Crippen LogP contribution in [0, 0.1) is 0 Å². The van der Waals surface area contributed by atoms with Crippen LogP contribution < -0.4 is 18.9 Å². The Labute approximate surface area is 226 Å². The minimum Gasteiger partial charge on any atom is -0.497 e. The second-order valence-electron chi connectivity index (χ2n) is 9.26. The predicted octanol–water partition coefficient (Wildman–Crippen LogP) is 7.20. The van der Waals surface area contributed by atoms with E-state index in [0.29, 0.717) is 23.5 Å². The summed E-state index contributed by atoms with van der Waals surface area (Å²) in [6, 6.07) is 9.96. The first-order valence-electron chi connectivity index (χ1n) is 13.5. The minimum atomic E-state index is -1.08. The number of carbonyl (C=O) groups is 2. The zero-order valence-corrected chi connectivity index (χ0v) is 23.2. The Kier molecular flexibility index (Phi) is 14.0. The number of hydrogen-bond acceptors (Lipinski definition) is 7. The molecule has 1 atom stereocenters. The number of aliphatic hydroxyl groups is 1. The number of benzene rings is 2. The highest BCUT2D eigenvalue weighted by molar-refractivity contribution is 5.73. The number of unbranched alkanes of at least 4 members (excludes halogenated alkanes) is 8. The van der Waals surface area contributed by atoms with Gasteiger partial charge in [-0.05, 0) is 30.7 Å². The van der Waals surface area contributed by atoms with E-state index in [-0.39, 0.29) is 17.5 Å². The van der Waals surface area contributed by atoms with E-state index < -0.39 is 12.1 Å². The molecule has 0 aliphatic rings. The summed E-state index contributed by atoms with van der Waals surface area (Å²) >= 11 is 0. The van der Waals surface area contributed by atoms with Crippen LogP contribution in [0.4, 0.5) is 0 Å². The van der Waals surface area contributed by atoms with Gasteiger partial charge in [0.1, 0.15) is 29.1 Å². The molecule has 0 heterocycles. The maximum atomic E-state index is 12.3. The summed E-state index contributed by atoms with van der Waals surface area (Å²) in [7, 11) is 3.12. The average Bonchev–Trinajstić information content (AvgIpc) is 2.90. The Morgan fingerprint density at radius 1 is 0.816 bits per heavy atom. The van der Waals surface area contributed by atoms with Crippen LogP contribution >= 0.6 is 0 Å². The van der Waals surface area contributed by atoms with Gasteiger partial charge in [0.05, 0.1) is 14.2 Å². The number of aliphatic hydroxyl groups excluding tert-OH is 1. The van der Waals surface area contributed by atoms with Crippen molar-refractivity contribution in [1.29, 1.82) is 0 Å². The van der Waals surface area contributed by atoms with Crippen LogP contribution in [-0.2, 0) is 9.59 Å². The third kappa shape index (κ3) is 11.0. The number of rotatable bonds is 17. The number of ether oxygens (including phenoxy) is 4. The number of hydrogen-bond donors (Lipinski definition) is 1. The van der Waals surface area contributed by atoms with Crippen molar-refractivity contribution < 1.29 is 33.6 Å². The van der Waals surface area contributed by atoms with E-state index in [4.69, 9.17) is 18.9 Å². The molecule has 0 aliphatic heterocycles. The highest BCUT2D eigenvalue weighted by Gasteiger charge is 2.16. The lowest BCUT2D eigenvalue weighted by atomic mass is 10.1. The first-order valence-corrected chi connectivity index (χ1v) is 13.5. The minimum absolute atomic E-state index is 0.129. The van der Waals surface area contributed by atoms with E-state index in [2.05, 4.69) is 6.92 Å². The van der Waals surface area contributed by atoms with Crippen molar-refractivity contribution in [1.82, 2.24) is 0 Å². The molecule has 2 aromatic rings. The molecule has 0 spiro atoms. The quantitative estimate of drug-likeness (QED) is 0.132. The maximum Gasteiger partial charge on any atom is 0.311 e. The van der Waals surface area contributed by atoms with Crippen molar-refractivity contribution in [2.45, 2.75) is 84.2 Å². The van der Waals surface area contributed by atoms with Gasteiger partial charge in [-0.25, -0.2) is 0 Å². The fraction of sp³-hybridized carbons (Fsp3) is 0.484. The van der Waals surface area contributed by atoms with Gasteiger partial charge >= 0.3 is 11.9 Å². The molecule has 0 saturated carbocycles. The lowest BCUT2D eigenvalue weighted by Crippen LogP contribution is -2.10. The Balaban J connectivity index is 1.96. The monoisotopic (exact) mass is 526 g/mol. The van der Waals surface area contributed by atoms with Gasteiger partial charge in [-0.2, -0.15) is 0 Å². The van der Waals surface area contributed by atoms with Gasteiger partial charge in [0.15, 0.2) is 0 Å². The van der Waals surface area contributed by atoms with E-state index in [1.165, 1.54) is 51.5 Å². The van der Waals surface area contributed by atoms with Gasteiger partial charge in [0, 0.05) is 36.6 Å². The molecule has 0 fully saturated rings. The van der Waals surface area contributed by atoms with E-state index in [0.717, 1.165) is 24.8 Å². The van der Waals surface area contributed by atoms with Crippen molar-refractivity contribution in [3.05, 3.63) is 53.6 Å². The summed E-state index contributed by atoms with van der Waals surface area (Å²) in [5.74, 6) is 0.754. The van der Waals surface area contributed by atoms with Gasteiger partial charge in [-0.1, -0.05) is 70.4 Å². The lowest BCUT2D eigenvalue weighted by Gasteiger charge is -2.14. The first kappa shape index (κ1) is 30.9. The molecule has 1 unspecified atom stereocenters. The third-order valence-corrected chi connectivity index (χ3v) is 6.17. The molecule has 0 radical (unpaired) electrons. The number of methoxy groups -OCH3 is 2. The summed E-state index contributed by atoms with van der Waals surface area (Å²) in [6.07, 6.45) is 13.0. The molecule has 2 rings (SSSR count). The Hall–Kier alpha value is -3.32. The van der Waals surface area contributed by atoms with Gasteiger partial charge < -0.3 is 24.1 Å². The first-order chi connectivity index (χ1) is 18.4. The molecule has 0 aromatic heterocycles. The molecule has 7 heteroatoms. The van der Waals surface area contributed by atoms with Crippen molar-refractivity contribution in [2.75, 3.05) is 14.2 Å². The molecule has 0 bridgehead atoms. The second-order valence-corrected chi connectivity index (χ2v) is 9.26. The van der Waals surface area contributed by atoms with Crippen molar-refractivity contribution in [3.63, 3.8) is 0 Å². The van der Waals surface area contributed by atoms with Gasteiger partial charge in [-0.15, -0.1) is 0 Å². The van der Waals surface area contributed by atoms with Crippen LogP contribution in [0.5, 0.6) is 23.0 Å². The molecule has 2 aromatic carbocycles. The van der Waals surface area contributed by atoms with E-state index in [1.54, 1.807) is 50.6 Å². The molecule has 0 amide bonds. The molecule has 0 saturated heterocycles. The standard InChI is InChI=1S/C31H42O7/c1-5-6-7-8-9-10-11-12-13-14-31(34)38-26-18-19-27(30(22-26)37-23(2)32)28(33)20-16-24-15-17-25(35-3)21-29(24)36-4/h15-22,28,33H,5-14H2,1-4H3. The highest BCUT2D eigenvalue weighted by Crippen LogP contribution is 2.32. The average molecular weight is 527 g/mol. The molecule has 208 valence electrons. The van der Waals surface area contributed by atoms with Crippen LogP contribution in [0.1, 0.15) is 95.3 Å². The molecule has 38 heavy (non-hydrogen) atoms. The largest absolute Gasteiger partial charge is 0.497 e. The van der Waals surface area contributed by atoms with Crippen molar-refractivity contribution in [2.24, 2.45) is 0 Å². The fourth-order valence-corrected chi connectivity index (χ4v) is 4.08. The van der Waals surface area contributed by atoms with E-state index in [1.807, 2.05) is 6.07 Å². The van der Waals surface area contributed by atoms with Gasteiger partial charge in [0.2, 0.25) is 0 Å². The van der Waals surface area contributed by atoms with Crippen molar-refractivity contribution in [3.8, 4) is 23.0 Å². The number of esters is 2. The molecule has 1 N–H and O–H groups in total. The van der Waals surface area contributed by atoms with Gasteiger partial charge in [0.25, 0.3) is 0 Å². The smallest absolute Gasteiger partial charge is 0.311 e. The Bertz CT molecular complexity index is 1040. The Morgan fingerprint density at radius 3 is 2.08 bits per heavy atom. The summed E-state index contributed by atoms with van der Waals surface area (Å²) in [5.41, 5.74) is 1.10. The van der Waals surface area contributed by atoms with Crippen LogP contribution in [0.25, 0.3) is 6.08 Å². The van der Waals surface area contributed by atoms with Crippen molar-refractivity contribution >= 4 is 18.0 Å². The van der Waals surface area contributed by atoms with Crippen LogP contribution in [0.2, 0.25) is 0 Å². The van der Waals surface area contributed by atoms with Crippen LogP contribution in [-0.4, -0.2) is 31.3 Å². The Morgan fingerprint density at radius 2 is 1.45 bits per heavy atom. The highest BCUT2D eigenvalue weighted by atomic mass is 16.5. The summed E-state index contributed by atoms with van der Waals surface area (Å²) < 4.78 is 21.4. The van der Waals surface area contributed by atoms with Crippen LogP contribution in [0.15, 0.2) is 42.5 Å². The van der Waals surface area contributed by atoms with Gasteiger partial charge in [-0.3, -0.25) is 9.59 Å². The fourth-order valence-electron chi connectivity index (χ4n) is 4.08. The molecule has 0 aliphatic carbocycles. The normalized spacial score (nSPS) is 11.8. The van der Waals surface area contributed by atoms with E-state index in [9.17, 15) is 14.7 Å². The topological polar surface area (TPSA) is 91.3 Å². The SMILES string of the molecule is CCCCCCCCCCCC(=O)Oc1ccc(C(O)C=Cc2ccc(OC)cc2OC)c(OC(C)=O)c1. The third-order valence-electron chi connectivity index (χ3n) is 6.17. The maximum absolute atomic E-state index is 12.3. The summed E-state index contributed by atoms with van der Waals surface area (Å²) in [6.45, 7) is 3.49. The molecule has 7 nitrogen and oxygen atoms in total.